The molecule has 0 amide bonds. The number of hydrogen-bond donors (Lipinski definition) is 1. The smallest absolute Gasteiger partial charge is 0.153 e. The van der Waals surface area contributed by atoms with E-state index in [0.717, 1.165) is 0 Å². The first-order chi connectivity index (χ1) is 7.77. The normalized spacial score (nSPS) is 26.9. The lowest BCUT2D eigenvalue weighted by Gasteiger charge is -2.27. The number of hydrogen-bond acceptors (Lipinski definition) is 5. The van der Waals surface area contributed by atoms with Crippen molar-refractivity contribution in [2.24, 2.45) is 5.73 Å². The van der Waals surface area contributed by atoms with E-state index < -0.39 is 30.2 Å². The lowest BCUT2D eigenvalue weighted by molar-refractivity contribution is 0.472. The highest BCUT2D eigenvalue weighted by Crippen LogP contribution is 2.28. The molecule has 5 nitrogen and oxygen atoms in total. The molecule has 102 valence electrons. The van der Waals surface area contributed by atoms with E-state index in [1.54, 1.807) is 0 Å². The van der Waals surface area contributed by atoms with Crippen molar-refractivity contribution < 1.29 is 16.8 Å². The van der Waals surface area contributed by atoms with Crippen molar-refractivity contribution in [3.8, 4) is 0 Å². The van der Waals surface area contributed by atoms with Gasteiger partial charge in [-0.15, -0.1) is 0 Å². The van der Waals surface area contributed by atoms with Crippen LogP contribution in [0.3, 0.4) is 0 Å². The summed E-state index contributed by atoms with van der Waals surface area (Å²) in [5.41, 5.74) is 5.30. The molecular weight excluding hydrogens is 262 g/mol. The second-order valence-electron chi connectivity index (χ2n) is 4.75. The molecule has 0 aromatic rings. The van der Waals surface area contributed by atoms with Crippen LogP contribution < -0.4 is 5.73 Å². The van der Waals surface area contributed by atoms with Gasteiger partial charge in [-0.25, -0.2) is 16.8 Å². The van der Waals surface area contributed by atoms with Crippen molar-refractivity contribution in [1.82, 2.24) is 0 Å². The van der Waals surface area contributed by atoms with E-state index >= 15 is 0 Å². The average Bonchev–Trinajstić information content (AvgIpc) is 2.25. The van der Waals surface area contributed by atoms with Gasteiger partial charge in [0.2, 0.25) is 0 Å². The third-order valence-corrected chi connectivity index (χ3v) is 7.27. The van der Waals surface area contributed by atoms with Gasteiger partial charge in [-0.1, -0.05) is 6.42 Å². The van der Waals surface area contributed by atoms with Gasteiger partial charge in [0, 0.05) is 6.26 Å². The Balaban J connectivity index is 2.73. The molecule has 0 heterocycles. The molecule has 1 rings (SSSR count). The Hall–Kier alpha value is -0.140. The number of rotatable bonds is 5. The first-order valence-corrected chi connectivity index (χ1v) is 9.55. The average molecular weight is 283 g/mol. The van der Waals surface area contributed by atoms with Gasteiger partial charge in [0.1, 0.15) is 9.84 Å². The van der Waals surface area contributed by atoms with Gasteiger partial charge in [-0.3, -0.25) is 0 Å². The van der Waals surface area contributed by atoms with Crippen LogP contribution in [0.15, 0.2) is 0 Å². The maximum absolute atomic E-state index is 12.0. The van der Waals surface area contributed by atoms with Crippen LogP contribution in [0.25, 0.3) is 0 Å². The highest BCUT2D eigenvalue weighted by Gasteiger charge is 2.35. The van der Waals surface area contributed by atoms with Crippen LogP contribution in [0.1, 0.15) is 32.1 Å². The van der Waals surface area contributed by atoms with Crippen LogP contribution in [-0.2, 0) is 19.7 Å². The maximum atomic E-state index is 12.0. The zero-order chi connectivity index (χ0) is 13.1. The Labute approximate surface area is 104 Å². The Kier molecular flexibility index (Phi) is 4.97. The molecule has 7 heteroatoms. The highest BCUT2D eigenvalue weighted by atomic mass is 32.2. The first-order valence-electron chi connectivity index (χ1n) is 5.88. The molecule has 0 saturated heterocycles. The van der Waals surface area contributed by atoms with Crippen molar-refractivity contribution in [1.29, 1.82) is 0 Å². The summed E-state index contributed by atoms with van der Waals surface area (Å²) in [6.07, 6.45) is 3.73. The molecular formula is C10H21NO4S2. The quantitative estimate of drug-likeness (QED) is 0.772. The Morgan fingerprint density at radius 3 is 2.24 bits per heavy atom. The Morgan fingerprint density at radius 2 is 1.71 bits per heavy atom. The molecule has 0 aromatic carbocycles. The summed E-state index contributed by atoms with van der Waals surface area (Å²) in [6, 6.07) is 0. The summed E-state index contributed by atoms with van der Waals surface area (Å²) in [7, 11) is -6.31. The van der Waals surface area contributed by atoms with Crippen LogP contribution in [-0.4, -0.2) is 45.9 Å². The van der Waals surface area contributed by atoms with Crippen molar-refractivity contribution in [3.05, 3.63) is 0 Å². The van der Waals surface area contributed by atoms with Crippen molar-refractivity contribution in [3.63, 3.8) is 0 Å². The Morgan fingerprint density at radius 1 is 1.12 bits per heavy atom. The highest BCUT2D eigenvalue weighted by molar-refractivity contribution is 7.92. The summed E-state index contributed by atoms with van der Waals surface area (Å²) in [6.45, 7) is 0.349. The predicted octanol–water partition coefficient (Wildman–Crippen LogP) is 0.106. The minimum Gasteiger partial charge on any atom is -0.330 e. The van der Waals surface area contributed by atoms with E-state index in [1.165, 1.54) is 6.26 Å². The second-order valence-corrected chi connectivity index (χ2v) is 9.48. The molecule has 0 spiro atoms. The van der Waals surface area contributed by atoms with Gasteiger partial charge in [-0.2, -0.15) is 0 Å². The van der Waals surface area contributed by atoms with Gasteiger partial charge in [0.05, 0.1) is 16.3 Å². The molecule has 2 N–H and O–H groups in total. The largest absolute Gasteiger partial charge is 0.330 e. The molecule has 0 aliphatic heterocycles. The minimum absolute atomic E-state index is 0.0741. The fourth-order valence-electron chi connectivity index (χ4n) is 2.27. The molecule has 17 heavy (non-hydrogen) atoms. The second kappa shape index (κ2) is 5.67. The van der Waals surface area contributed by atoms with Crippen LogP contribution in [0.5, 0.6) is 0 Å². The van der Waals surface area contributed by atoms with Crippen LogP contribution in [0.2, 0.25) is 0 Å². The third-order valence-electron chi connectivity index (χ3n) is 3.32. The molecule has 0 bridgehead atoms. The zero-order valence-corrected chi connectivity index (χ0v) is 11.8. The minimum atomic E-state index is -3.18. The van der Waals surface area contributed by atoms with E-state index in [1.807, 2.05) is 0 Å². The van der Waals surface area contributed by atoms with E-state index in [0.29, 0.717) is 32.2 Å². The summed E-state index contributed by atoms with van der Waals surface area (Å²) in [5, 5.41) is -0.989. The maximum Gasteiger partial charge on any atom is 0.153 e. The Bertz CT molecular complexity index is 441. The summed E-state index contributed by atoms with van der Waals surface area (Å²) in [4.78, 5) is 0. The summed E-state index contributed by atoms with van der Waals surface area (Å²) >= 11 is 0. The molecule has 2 unspecified atom stereocenters. The topological polar surface area (TPSA) is 94.3 Å². The summed E-state index contributed by atoms with van der Waals surface area (Å²) in [5.74, 6) is 0.0741. The van der Waals surface area contributed by atoms with Crippen molar-refractivity contribution in [2.75, 3.05) is 18.6 Å². The van der Waals surface area contributed by atoms with E-state index in [4.69, 9.17) is 5.73 Å². The zero-order valence-electron chi connectivity index (χ0n) is 10.1. The van der Waals surface area contributed by atoms with Gasteiger partial charge >= 0.3 is 0 Å². The van der Waals surface area contributed by atoms with Crippen molar-refractivity contribution in [2.45, 2.75) is 42.6 Å². The molecule has 2 atom stereocenters. The fourth-order valence-corrected chi connectivity index (χ4v) is 5.52. The fraction of sp³-hybridized carbons (Fsp3) is 1.00. The van der Waals surface area contributed by atoms with Crippen LogP contribution in [0.4, 0.5) is 0 Å². The molecule has 1 aliphatic rings. The lowest BCUT2D eigenvalue weighted by atomic mass is 10.00. The standard InChI is InChI=1S/C10H21NO4S2/c1-16(12,13)9-4-2-5-10(8-9)17(14,15)7-3-6-11/h9-10H,2-8,11H2,1H3. The van der Waals surface area contributed by atoms with Gasteiger partial charge in [0.25, 0.3) is 0 Å². The molecule has 1 aliphatic carbocycles. The van der Waals surface area contributed by atoms with Crippen LogP contribution in [0, 0.1) is 0 Å². The van der Waals surface area contributed by atoms with Crippen molar-refractivity contribution >= 4 is 19.7 Å². The molecule has 1 fully saturated rings. The van der Waals surface area contributed by atoms with E-state index in [9.17, 15) is 16.8 Å². The van der Waals surface area contributed by atoms with E-state index in [2.05, 4.69) is 0 Å². The molecule has 0 radical (unpaired) electrons. The SMILES string of the molecule is CS(=O)(=O)C1CCCC(S(=O)(=O)CCCN)C1. The molecule has 0 aromatic heterocycles. The number of nitrogens with two attached hydrogens (primary N) is 1. The van der Waals surface area contributed by atoms with Gasteiger partial charge in [0.15, 0.2) is 9.84 Å². The monoisotopic (exact) mass is 283 g/mol. The third kappa shape index (κ3) is 4.22. The predicted molar refractivity (Wildman–Crippen MR) is 68.3 cm³/mol. The first kappa shape index (κ1) is 14.9. The molecule has 1 saturated carbocycles. The number of sulfone groups is 2. The van der Waals surface area contributed by atoms with Gasteiger partial charge < -0.3 is 5.73 Å². The van der Waals surface area contributed by atoms with Crippen LogP contribution >= 0.6 is 0 Å². The summed E-state index contributed by atoms with van der Waals surface area (Å²) < 4.78 is 46.8. The van der Waals surface area contributed by atoms with Gasteiger partial charge in [-0.05, 0) is 32.2 Å². The van der Waals surface area contributed by atoms with E-state index in [-0.39, 0.29) is 12.2 Å². The lowest BCUT2D eigenvalue weighted by Crippen LogP contribution is -2.36.